The first-order valence-corrected chi connectivity index (χ1v) is 8.63. The molecular weight excluding hydrogens is 362 g/mol. The van der Waals surface area contributed by atoms with Crippen LogP contribution >= 0.6 is 0 Å². The first-order chi connectivity index (χ1) is 13.4. The van der Waals surface area contributed by atoms with Crippen molar-refractivity contribution in [1.29, 1.82) is 0 Å². The average molecular weight is 385 g/mol. The Balaban J connectivity index is 2.03. The van der Waals surface area contributed by atoms with Gasteiger partial charge >= 0.3 is 0 Å². The van der Waals surface area contributed by atoms with Gasteiger partial charge < -0.3 is 19.5 Å². The van der Waals surface area contributed by atoms with Crippen molar-refractivity contribution in [2.75, 3.05) is 27.3 Å². The summed E-state index contributed by atoms with van der Waals surface area (Å²) in [6.45, 7) is 2.17. The first-order valence-electron chi connectivity index (χ1n) is 8.63. The van der Waals surface area contributed by atoms with Gasteiger partial charge in [0.05, 0.1) is 12.8 Å². The van der Waals surface area contributed by atoms with E-state index in [9.17, 15) is 14.7 Å². The van der Waals surface area contributed by atoms with Crippen LogP contribution in [0, 0.1) is 0 Å². The van der Waals surface area contributed by atoms with E-state index in [2.05, 4.69) is 10.5 Å². The molecule has 0 aromatic heterocycles. The predicted octanol–water partition coefficient (Wildman–Crippen LogP) is 2.02. The van der Waals surface area contributed by atoms with E-state index in [0.29, 0.717) is 29.2 Å². The number of phenols is 1. The lowest BCUT2D eigenvalue weighted by Gasteiger charge is -2.14. The van der Waals surface area contributed by atoms with E-state index in [1.807, 2.05) is 6.92 Å². The summed E-state index contributed by atoms with van der Waals surface area (Å²) in [7, 11) is 3.31. The molecule has 0 saturated carbocycles. The number of hydrogen-bond acceptors (Lipinski definition) is 6. The Kier molecular flexibility index (Phi) is 7.38. The molecule has 2 rings (SSSR count). The zero-order chi connectivity index (χ0) is 20.5. The second-order valence-electron chi connectivity index (χ2n) is 5.96. The van der Waals surface area contributed by atoms with Gasteiger partial charge in [-0.05, 0) is 55.0 Å². The predicted molar refractivity (Wildman–Crippen MR) is 105 cm³/mol. The van der Waals surface area contributed by atoms with Gasteiger partial charge in [0.25, 0.3) is 11.8 Å². The topological polar surface area (TPSA) is 100 Å². The van der Waals surface area contributed by atoms with Crippen molar-refractivity contribution < 1.29 is 24.2 Å². The molecule has 8 nitrogen and oxygen atoms in total. The Morgan fingerprint density at radius 3 is 2.46 bits per heavy atom. The van der Waals surface area contributed by atoms with Crippen molar-refractivity contribution in [1.82, 2.24) is 10.3 Å². The third-order valence-electron chi connectivity index (χ3n) is 3.63. The Hall–Kier alpha value is -3.55. The molecule has 0 atom stereocenters. The van der Waals surface area contributed by atoms with E-state index < -0.39 is 5.91 Å². The van der Waals surface area contributed by atoms with Crippen LogP contribution in [0.3, 0.4) is 0 Å². The minimum absolute atomic E-state index is 0.0816. The minimum Gasteiger partial charge on any atom is -0.508 e. The molecule has 0 radical (unpaired) electrons. The molecule has 2 aromatic carbocycles. The van der Waals surface area contributed by atoms with Crippen LogP contribution in [-0.4, -0.2) is 55.3 Å². The second-order valence-corrected chi connectivity index (χ2v) is 5.96. The highest BCUT2D eigenvalue weighted by Gasteiger charge is 2.10. The lowest BCUT2D eigenvalue weighted by molar-refractivity contribution is -0.130. The standard InChI is InChI=1S/C20H23N3O5/c1-4-27-18-11-14(5-10-17(18)28-13-19(25)23(2)3)12-21-22-20(26)15-6-8-16(24)9-7-15/h5-12,24H,4,13H2,1-3H3,(H,22,26)/b21-12+. The van der Waals surface area contributed by atoms with E-state index in [1.165, 1.54) is 35.4 Å². The Morgan fingerprint density at radius 2 is 1.82 bits per heavy atom. The summed E-state index contributed by atoms with van der Waals surface area (Å²) < 4.78 is 11.1. The number of nitrogens with one attached hydrogen (secondary N) is 1. The molecule has 0 unspecified atom stereocenters. The number of amides is 2. The number of phenolic OH excluding ortho intramolecular Hbond substituents is 1. The van der Waals surface area contributed by atoms with Gasteiger partial charge in [-0.1, -0.05) is 0 Å². The molecule has 0 bridgehead atoms. The van der Waals surface area contributed by atoms with Crippen molar-refractivity contribution in [3.05, 3.63) is 53.6 Å². The zero-order valence-electron chi connectivity index (χ0n) is 16.0. The fourth-order valence-corrected chi connectivity index (χ4v) is 2.10. The van der Waals surface area contributed by atoms with Gasteiger partial charge in [-0.3, -0.25) is 9.59 Å². The molecule has 0 aliphatic carbocycles. The highest BCUT2D eigenvalue weighted by atomic mass is 16.5. The van der Waals surface area contributed by atoms with E-state index in [-0.39, 0.29) is 18.3 Å². The Labute approximate surface area is 163 Å². The molecule has 8 heteroatoms. The van der Waals surface area contributed by atoms with Gasteiger partial charge in [0.2, 0.25) is 0 Å². The van der Waals surface area contributed by atoms with E-state index >= 15 is 0 Å². The van der Waals surface area contributed by atoms with Crippen molar-refractivity contribution in [2.45, 2.75) is 6.92 Å². The number of ether oxygens (including phenoxy) is 2. The fraction of sp³-hybridized carbons (Fsp3) is 0.250. The van der Waals surface area contributed by atoms with Crippen LogP contribution in [-0.2, 0) is 4.79 Å². The molecule has 148 valence electrons. The summed E-state index contributed by atoms with van der Waals surface area (Å²) >= 11 is 0. The van der Waals surface area contributed by atoms with Gasteiger partial charge in [-0.25, -0.2) is 5.43 Å². The molecule has 2 aromatic rings. The highest BCUT2D eigenvalue weighted by molar-refractivity contribution is 5.95. The maximum absolute atomic E-state index is 12.0. The second kappa shape index (κ2) is 9.96. The lowest BCUT2D eigenvalue weighted by atomic mass is 10.2. The van der Waals surface area contributed by atoms with Gasteiger partial charge in [0.1, 0.15) is 5.75 Å². The van der Waals surface area contributed by atoms with Gasteiger partial charge in [0, 0.05) is 19.7 Å². The number of carbonyl (C=O) groups is 2. The molecule has 2 amide bonds. The number of likely N-dealkylation sites (N-methyl/N-ethyl adjacent to an activating group) is 1. The molecule has 0 aliphatic rings. The van der Waals surface area contributed by atoms with Crippen molar-refractivity contribution in [2.24, 2.45) is 5.10 Å². The lowest BCUT2D eigenvalue weighted by Crippen LogP contribution is -2.27. The molecule has 0 heterocycles. The quantitative estimate of drug-likeness (QED) is 0.535. The molecular formula is C20H23N3O5. The molecule has 2 N–H and O–H groups in total. The third-order valence-corrected chi connectivity index (χ3v) is 3.63. The number of hydrogen-bond donors (Lipinski definition) is 2. The van der Waals surface area contributed by atoms with Crippen molar-refractivity contribution >= 4 is 18.0 Å². The zero-order valence-corrected chi connectivity index (χ0v) is 16.0. The number of carbonyl (C=O) groups excluding carboxylic acids is 2. The monoisotopic (exact) mass is 385 g/mol. The van der Waals surface area contributed by atoms with Crippen LogP contribution in [0.2, 0.25) is 0 Å². The average Bonchev–Trinajstić information content (AvgIpc) is 2.67. The maximum Gasteiger partial charge on any atom is 0.271 e. The van der Waals surface area contributed by atoms with Crippen LogP contribution in [0.25, 0.3) is 0 Å². The third kappa shape index (κ3) is 6.01. The van der Waals surface area contributed by atoms with Gasteiger partial charge in [-0.15, -0.1) is 0 Å². The molecule has 0 fully saturated rings. The van der Waals surface area contributed by atoms with Crippen LogP contribution in [0.15, 0.2) is 47.6 Å². The number of rotatable bonds is 8. The Bertz CT molecular complexity index is 847. The molecule has 28 heavy (non-hydrogen) atoms. The number of nitrogens with zero attached hydrogens (tertiary/aromatic N) is 2. The SMILES string of the molecule is CCOc1cc(/C=N/NC(=O)c2ccc(O)cc2)ccc1OCC(=O)N(C)C. The minimum atomic E-state index is -0.400. The molecule has 0 spiro atoms. The smallest absolute Gasteiger partial charge is 0.271 e. The summed E-state index contributed by atoms with van der Waals surface area (Å²) in [6, 6.07) is 10.9. The summed E-state index contributed by atoms with van der Waals surface area (Å²) in [5, 5.41) is 13.2. The summed E-state index contributed by atoms with van der Waals surface area (Å²) in [5.74, 6) is 0.441. The summed E-state index contributed by atoms with van der Waals surface area (Å²) in [4.78, 5) is 25.1. The Morgan fingerprint density at radius 1 is 1.11 bits per heavy atom. The normalized spacial score (nSPS) is 10.5. The highest BCUT2D eigenvalue weighted by Crippen LogP contribution is 2.28. The van der Waals surface area contributed by atoms with Crippen molar-refractivity contribution in [3.63, 3.8) is 0 Å². The number of hydrazone groups is 1. The molecule has 0 saturated heterocycles. The number of aromatic hydroxyl groups is 1. The molecule has 0 aliphatic heterocycles. The summed E-state index contributed by atoms with van der Waals surface area (Å²) in [5.41, 5.74) is 3.47. The van der Waals surface area contributed by atoms with Crippen molar-refractivity contribution in [3.8, 4) is 17.2 Å². The van der Waals surface area contributed by atoms with Crippen LogP contribution in [0.4, 0.5) is 0 Å². The first kappa shape index (κ1) is 20.8. The fourth-order valence-electron chi connectivity index (χ4n) is 2.10. The van der Waals surface area contributed by atoms with E-state index in [1.54, 1.807) is 32.3 Å². The van der Waals surface area contributed by atoms with Gasteiger partial charge in [0.15, 0.2) is 18.1 Å². The van der Waals surface area contributed by atoms with Crippen LogP contribution in [0.1, 0.15) is 22.8 Å². The van der Waals surface area contributed by atoms with Crippen LogP contribution < -0.4 is 14.9 Å². The maximum atomic E-state index is 12.0. The largest absolute Gasteiger partial charge is 0.508 e. The van der Waals surface area contributed by atoms with Crippen LogP contribution in [0.5, 0.6) is 17.2 Å². The van der Waals surface area contributed by atoms with E-state index in [0.717, 1.165) is 0 Å². The number of benzene rings is 2. The summed E-state index contributed by atoms with van der Waals surface area (Å²) in [6.07, 6.45) is 1.47. The van der Waals surface area contributed by atoms with E-state index in [4.69, 9.17) is 9.47 Å². The van der Waals surface area contributed by atoms with Gasteiger partial charge in [-0.2, -0.15) is 5.10 Å².